The molecule has 0 bridgehead atoms. The van der Waals surface area contributed by atoms with Gasteiger partial charge in [-0.15, -0.1) is 0 Å². The Hall–Kier alpha value is -3.22. The zero-order chi connectivity index (χ0) is 20.3. The molecule has 2 aromatic heterocycles. The Morgan fingerprint density at radius 1 is 0.700 bits per heavy atom. The van der Waals surface area contributed by atoms with Gasteiger partial charge in [-0.3, -0.25) is 0 Å². The van der Waals surface area contributed by atoms with Gasteiger partial charge in [-0.1, -0.05) is 18.2 Å². The number of anilines is 3. The third-order valence-electron chi connectivity index (χ3n) is 5.96. The van der Waals surface area contributed by atoms with E-state index in [0.29, 0.717) is 0 Å². The van der Waals surface area contributed by atoms with E-state index in [4.69, 9.17) is 9.97 Å². The molecule has 30 heavy (non-hydrogen) atoms. The van der Waals surface area contributed by atoms with E-state index in [1.165, 1.54) is 18.5 Å². The number of para-hydroxylation sites is 1. The number of rotatable bonds is 4. The molecule has 2 saturated heterocycles. The predicted molar refractivity (Wildman–Crippen MR) is 120 cm³/mol. The Morgan fingerprint density at radius 3 is 2.10 bits per heavy atom. The van der Waals surface area contributed by atoms with Gasteiger partial charge in [0.25, 0.3) is 0 Å². The van der Waals surface area contributed by atoms with E-state index in [1.54, 1.807) is 0 Å². The minimum absolute atomic E-state index is 0.781. The van der Waals surface area contributed by atoms with Crippen molar-refractivity contribution in [3.8, 4) is 11.3 Å². The van der Waals surface area contributed by atoms with Crippen LogP contribution in [-0.2, 0) is 0 Å². The molecule has 0 amide bonds. The van der Waals surface area contributed by atoms with Gasteiger partial charge in [0.15, 0.2) is 0 Å². The maximum atomic E-state index is 4.86. The van der Waals surface area contributed by atoms with Crippen molar-refractivity contribution < 1.29 is 0 Å². The number of aromatic nitrogens is 4. The summed E-state index contributed by atoms with van der Waals surface area (Å²) in [5.74, 6) is 1.61. The van der Waals surface area contributed by atoms with Crippen LogP contribution in [0.3, 0.4) is 0 Å². The molecule has 0 atom stereocenters. The van der Waals surface area contributed by atoms with Crippen LogP contribution in [0.5, 0.6) is 0 Å². The highest BCUT2D eigenvalue weighted by Crippen LogP contribution is 2.25. The summed E-state index contributed by atoms with van der Waals surface area (Å²) >= 11 is 0. The van der Waals surface area contributed by atoms with Gasteiger partial charge in [-0.25, -0.2) is 19.9 Å². The molecule has 0 aliphatic carbocycles. The Labute approximate surface area is 177 Å². The Kier molecular flexibility index (Phi) is 5.17. The standard InChI is InChI=1S/C23H27N7/c1-18-20(17-25-23(26-18)29-11-5-6-12-29)21-9-10-24-22(27-21)30-15-13-28(14-16-30)19-7-3-2-4-8-19/h2-4,7-10,17H,5-6,11-16H2,1H3. The number of aryl methyl sites for hydroxylation is 1. The third-order valence-corrected chi connectivity index (χ3v) is 5.96. The van der Waals surface area contributed by atoms with Gasteiger partial charge in [0.2, 0.25) is 11.9 Å². The topological polar surface area (TPSA) is 61.3 Å². The van der Waals surface area contributed by atoms with Crippen molar-refractivity contribution in [2.45, 2.75) is 19.8 Å². The SMILES string of the molecule is Cc1nc(N2CCCC2)ncc1-c1ccnc(N2CCN(c3ccccc3)CC2)n1. The Balaban J connectivity index is 1.31. The number of benzene rings is 1. The van der Waals surface area contributed by atoms with E-state index in [0.717, 1.165) is 68.1 Å². The summed E-state index contributed by atoms with van der Waals surface area (Å²) in [5, 5.41) is 0. The van der Waals surface area contributed by atoms with Crippen molar-refractivity contribution in [3.63, 3.8) is 0 Å². The van der Waals surface area contributed by atoms with Crippen molar-refractivity contribution in [1.82, 2.24) is 19.9 Å². The summed E-state index contributed by atoms with van der Waals surface area (Å²) in [6.45, 7) is 7.87. The lowest BCUT2D eigenvalue weighted by molar-refractivity contribution is 0.640. The molecule has 2 aliphatic heterocycles. The van der Waals surface area contributed by atoms with E-state index >= 15 is 0 Å². The summed E-state index contributed by atoms with van der Waals surface area (Å²) in [6, 6.07) is 12.5. The fraction of sp³-hybridized carbons (Fsp3) is 0.391. The van der Waals surface area contributed by atoms with Gasteiger partial charge in [0.05, 0.1) is 11.4 Å². The van der Waals surface area contributed by atoms with E-state index in [-0.39, 0.29) is 0 Å². The molecular weight excluding hydrogens is 374 g/mol. The minimum Gasteiger partial charge on any atom is -0.368 e. The largest absolute Gasteiger partial charge is 0.368 e. The van der Waals surface area contributed by atoms with Crippen LogP contribution in [0.1, 0.15) is 18.5 Å². The van der Waals surface area contributed by atoms with Crippen molar-refractivity contribution >= 4 is 17.6 Å². The van der Waals surface area contributed by atoms with Gasteiger partial charge < -0.3 is 14.7 Å². The maximum absolute atomic E-state index is 4.86. The van der Waals surface area contributed by atoms with Gasteiger partial charge >= 0.3 is 0 Å². The summed E-state index contributed by atoms with van der Waals surface area (Å²) in [5.41, 5.74) is 4.10. The van der Waals surface area contributed by atoms with Crippen LogP contribution in [0.25, 0.3) is 11.3 Å². The highest BCUT2D eigenvalue weighted by atomic mass is 15.3. The highest BCUT2D eigenvalue weighted by Gasteiger charge is 2.20. The average Bonchev–Trinajstić information content (AvgIpc) is 3.35. The van der Waals surface area contributed by atoms with Crippen LogP contribution in [0.15, 0.2) is 48.8 Å². The summed E-state index contributed by atoms with van der Waals surface area (Å²) in [7, 11) is 0. The number of hydrogen-bond donors (Lipinski definition) is 0. The first-order valence-corrected chi connectivity index (χ1v) is 10.7. The van der Waals surface area contributed by atoms with Crippen LogP contribution in [0.2, 0.25) is 0 Å². The molecule has 5 rings (SSSR count). The van der Waals surface area contributed by atoms with E-state index < -0.39 is 0 Å². The smallest absolute Gasteiger partial charge is 0.225 e. The predicted octanol–water partition coefficient (Wildman–Crippen LogP) is 3.17. The maximum Gasteiger partial charge on any atom is 0.225 e. The van der Waals surface area contributed by atoms with Crippen molar-refractivity contribution in [3.05, 3.63) is 54.5 Å². The van der Waals surface area contributed by atoms with Crippen molar-refractivity contribution in [1.29, 1.82) is 0 Å². The molecule has 2 aliphatic rings. The molecular formula is C23H27N7. The van der Waals surface area contributed by atoms with E-state index in [9.17, 15) is 0 Å². The van der Waals surface area contributed by atoms with Crippen LogP contribution in [0, 0.1) is 6.92 Å². The van der Waals surface area contributed by atoms with E-state index in [1.807, 2.05) is 25.4 Å². The van der Waals surface area contributed by atoms with Gasteiger partial charge in [-0.2, -0.15) is 0 Å². The molecule has 0 spiro atoms. The van der Waals surface area contributed by atoms with Gasteiger partial charge in [-0.05, 0) is 38.0 Å². The van der Waals surface area contributed by atoms with E-state index in [2.05, 4.69) is 55.0 Å². The molecule has 0 radical (unpaired) electrons. The lowest BCUT2D eigenvalue weighted by Crippen LogP contribution is -2.47. The van der Waals surface area contributed by atoms with Gasteiger partial charge in [0, 0.05) is 62.9 Å². The molecule has 2 fully saturated rings. The zero-order valence-corrected chi connectivity index (χ0v) is 17.4. The first-order chi connectivity index (χ1) is 14.8. The van der Waals surface area contributed by atoms with Crippen molar-refractivity contribution in [2.24, 2.45) is 0 Å². The molecule has 7 heteroatoms. The second-order valence-corrected chi connectivity index (χ2v) is 7.91. The number of hydrogen-bond acceptors (Lipinski definition) is 7. The second-order valence-electron chi connectivity index (χ2n) is 7.91. The molecule has 3 aromatic rings. The van der Waals surface area contributed by atoms with Crippen molar-refractivity contribution in [2.75, 3.05) is 54.0 Å². The fourth-order valence-electron chi connectivity index (χ4n) is 4.23. The highest BCUT2D eigenvalue weighted by molar-refractivity contribution is 5.63. The Morgan fingerprint density at radius 2 is 1.37 bits per heavy atom. The molecule has 0 unspecified atom stereocenters. The van der Waals surface area contributed by atoms with Gasteiger partial charge in [0.1, 0.15) is 0 Å². The lowest BCUT2D eigenvalue weighted by Gasteiger charge is -2.36. The number of piperazine rings is 1. The quantitative estimate of drug-likeness (QED) is 0.665. The summed E-state index contributed by atoms with van der Waals surface area (Å²) < 4.78 is 0. The first kappa shape index (κ1) is 18.8. The third kappa shape index (κ3) is 3.79. The summed E-state index contributed by atoms with van der Waals surface area (Å²) in [6.07, 6.45) is 6.19. The Bertz CT molecular complexity index is 993. The molecule has 0 N–H and O–H groups in total. The fourth-order valence-corrected chi connectivity index (χ4v) is 4.23. The van der Waals surface area contributed by atoms with Crippen LogP contribution < -0.4 is 14.7 Å². The molecule has 7 nitrogen and oxygen atoms in total. The second kappa shape index (κ2) is 8.26. The lowest BCUT2D eigenvalue weighted by atomic mass is 10.2. The summed E-state index contributed by atoms with van der Waals surface area (Å²) in [4.78, 5) is 25.7. The van der Waals surface area contributed by atoms with Crippen LogP contribution in [0.4, 0.5) is 17.6 Å². The first-order valence-electron chi connectivity index (χ1n) is 10.7. The normalized spacial score (nSPS) is 16.9. The molecule has 0 saturated carbocycles. The average molecular weight is 402 g/mol. The molecule has 4 heterocycles. The van der Waals surface area contributed by atoms with Crippen LogP contribution in [-0.4, -0.2) is 59.2 Å². The minimum atomic E-state index is 0.781. The van der Waals surface area contributed by atoms with Crippen LogP contribution >= 0.6 is 0 Å². The zero-order valence-electron chi connectivity index (χ0n) is 17.4. The number of nitrogens with zero attached hydrogens (tertiary/aromatic N) is 7. The molecule has 1 aromatic carbocycles. The molecule has 154 valence electrons. The monoisotopic (exact) mass is 401 g/mol.